The summed E-state index contributed by atoms with van der Waals surface area (Å²) >= 11 is 3.31. The average molecular weight is 379 g/mol. The van der Waals surface area contributed by atoms with Crippen molar-refractivity contribution in [3.63, 3.8) is 0 Å². The van der Waals surface area contributed by atoms with Crippen molar-refractivity contribution in [2.24, 2.45) is 0 Å². The molecule has 0 N–H and O–H groups in total. The number of rotatable bonds is 3. The van der Waals surface area contributed by atoms with Crippen LogP contribution >= 0.6 is 15.9 Å². The van der Waals surface area contributed by atoms with Gasteiger partial charge in [0.1, 0.15) is 0 Å². The van der Waals surface area contributed by atoms with E-state index in [1.807, 2.05) is 12.1 Å². The van der Waals surface area contributed by atoms with Crippen molar-refractivity contribution in [1.82, 2.24) is 0 Å². The second-order valence-electron chi connectivity index (χ2n) is 5.89. The molecule has 2 aromatic carbocycles. The fourth-order valence-electron chi connectivity index (χ4n) is 3.76. The molecule has 0 spiro atoms. The molecular weight excluding hydrogens is 364 g/mol. The predicted octanol–water partition coefficient (Wildman–Crippen LogP) is 4.20. The largest absolute Gasteiger partial charge is 0.297 e. The summed E-state index contributed by atoms with van der Waals surface area (Å²) in [5.41, 5.74) is 2.52. The lowest BCUT2D eigenvalue weighted by Crippen LogP contribution is -2.21. The average Bonchev–Trinajstić information content (AvgIpc) is 3.03. The van der Waals surface area contributed by atoms with E-state index < -0.39 is 10.1 Å². The highest BCUT2D eigenvalue weighted by atomic mass is 79.9. The summed E-state index contributed by atoms with van der Waals surface area (Å²) < 4.78 is 31.6. The van der Waals surface area contributed by atoms with Gasteiger partial charge in [0.25, 0.3) is 10.1 Å². The maximum absolute atomic E-state index is 12.5. The summed E-state index contributed by atoms with van der Waals surface area (Å²) in [4.78, 5) is 0.214. The van der Waals surface area contributed by atoms with Gasteiger partial charge in [0.15, 0.2) is 0 Å². The minimum absolute atomic E-state index is 0.200. The van der Waals surface area contributed by atoms with E-state index in [-0.39, 0.29) is 22.8 Å². The van der Waals surface area contributed by atoms with E-state index in [0.29, 0.717) is 0 Å². The number of benzene rings is 2. The topological polar surface area (TPSA) is 43.4 Å². The quantitative estimate of drug-likeness (QED) is 0.751. The van der Waals surface area contributed by atoms with E-state index in [1.165, 1.54) is 11.1 Å². The Hall–Kier alpha value is -1.17. The first-order valence-electron chi connectivity index (χ1n) is 7.34. The Morgan fingerprint density at radius 1 is 0.909 bits per heavy atom. The van der Waals surface area contributed by atoms with Gasteiger partial charge in [-0.3, -0.25) is 4.18 Å². The minimum atomic E-state index is -3.72. The van der Waals surface area contributed by atoms with E-state index in [1.54, 1.807) is 24.3 Å². The summed E-state index contributed by atoms with van der Waals surface area (Å²) in [5, 5.41) is 0. The third-order valence-corrected chi connectivity index (χ3v) is 6.57. The Labute approximate surface area is 138 Å². The van der Waals surface area contributed by atoms with Crippen LogP contribution in [0.25, 0.3) is 0 Å². The van der Waals surface area contributed by atoms with Gasteiger partial charge in [-0.2, -0.15) is 8.42 Å². The highest BCUT2D eigenvalue weighted by Crippen LogP contribution is 2.55. The first-order chi connectivity index (χ1) is 10.6. The predicted molar refractivity (Wildman–Crippen MR) is 87.4 cm³/mol. The monoisotopic (exact) mass is 378 g/mol. The highest BCUT2D eigenvalue weighted by molar-refractivity contribution is 9.10. The fourth-order valence-corrected chi connectivity index (χ4v) is 5.16. The second-order valence-corrected chi connectivity index (χ2v) is 8.38. The van der Waals surface area contributed by atoms with Gasteiger partial charge in [-0.25, -0.2) is 0 Å². The Morgan fingerprint density at radius 3 is 2.00 bits per heavy atom. The van der Waals surface area contributed by atoms with Crippen molar-refractivity contribution in [2.75, 3.05) is 0 Å². The molecule has 0 heterocycles. The lowest BCUT2D eigenvalue weighted by molar-refractivity contribution is 0.194. The van der Waals surface area contributed by atoms with Crippen LogP contribution in [-0.2, 0) is 14.3 Å². The smallest absolute Gasteiger partial charge is 0.262 e. The number of hydrogen-bond donors (Lipinski definition) is 0. The molecule has 5 heteroatoms. The van der Waals surface area contributed by atoms with Crippen molar-refractivity contribution in [3.05, 3.63) is 64.1 Å². The molecule has 22 heavy (non-hydrogen) atoms. The maximum Gasteiger partial charge on any atom is 0.297 e. The molecule has 2 bridgehead atoms. The van der Waals surface area contributed by atoms with Gasteiger partial charge in [-0.05, 0) is 48.2 Å². The molecule has 0 amide bonds. The van der Waals surface area contributed by atoms with Crippen molar-refractivity contribution in [1.29, 1.82) is 0 Å². The van der Waals surface area contributed by atoms with Crippen molar-refractivity contribution >= 4 is 26.0 Å². The van der Waals surface area contributed by atoms with Crippen molar-refractivity contribution < 1.29 is 12.6 Å². The van der Waals surface area contributed by atoms with Crippen molar-refractivity contribution in [2.45, 2.75) is 35.7 Å². The molecule has 114 valence electrons. The van der Waals surface area contributed by atoms with Gasteiger partial charge in [0, 0.05) is 16.3 Å². The van der Waals surface area contributed by atoms with Crippen LogP contribution in [0.15, 0.2) is 57.9 Å². The Bertz CT molecular complexity index is 783. The summed E-state index contributed by atoms with van der Waals surface area (Å²) in [6, 6.07) is 14.8. The van der Waals surface area contributed by atoms with Gasteiger partial charge in [-0.1, -0.05) is 40.2 Å². The SMILES string of the molecule is O=S(=O)(OC1C2CCC1c1ccccc12)c1ccc(Br)cc1. The molecule has 0 aromatic heterocycles. The van der Waals surface area contributed by atoms with Crippen LogP contribution in [-0.4, -0.2) is 14.5 Å². The summed E-state index contributed by atoms with van der Waals surface area (Å²) in [6.45, 7) is 0. The van der Waals surface area contributed by atoms with E-state index in [2.05, 4.69) is 28.1 Å². The minimum Gasteiger partial charge on any atom is -0.262 e. The lowest BCUT2D eigenvalue weighted by Gasteiger charge is -2.16. The molecule has 2 unspecified atom stereocenters. The molecule has 1 saturated carbocycles. The molecule has 1 fully saturated rings. The van der Waals surface area contributed by atoms with Crippen LogP contribution < -0.4 is 0 Å². The summed E-state index contributed by atoms with van der Waals surface area (Å²) in [7, 11) is -3.72. The first-order valence-corrected chi connectivity index (χ1v) is 9.54. The van der Waals surface area contributed by atoms with Gasteiger partial charge < -0.3 is 0 Å². The Balaban J connectivity index is 1.64. The maximum atomic E-state index is 12.5. The van der Waals surface area contributed by atoms with Crippen LogP contribution in [0.2, 0.25) is 0 Å². The zero-order chi connectivity index (χ0) is 15.3. The van der Waals surface area contributed by atoms with Gasteiger partial charge in [0.05, 0.1) is 11.0 Å². The van der Waals surface area contributed by atoms with Crippen LogP contribution in [0.5, 0.6) is 0 Å². The summed E-state index contributed by atoms with van der Waals surface area (Å²) in [6.07, 6.45) is 1.75. The normalized spacial score (nSPS) is 26.1. The molecule has 4 rings (SSSR count). The Morgan fingerprint density at radius 2 is 1.45 bits per heavy atom. The third kappa shape index (κ3) is 2.23. The number of halogens is 1. The Kier molecular flexibility index (Phi) is 3.40. The molecule has 2 aliphatic carbocycles. The third-order valence-electron chi connectivity index (χ3n) is 4.72. The molecule has 3 nitrogen and oxygen atoms in total. The van der Waals surface area contributed by atoms with Crippen LogP contribution in [0.1, 0.15) is 35.8 Å². The molecular formula is C17H15BrO3S. The molecule has 2 aliphatic rings. The van der Waals surface area contributed by atoms with Crippen LogP contribution in [0.4, 0.5) is 0 Å². The van der Waals surface area contributed by atoms with Crippen LogP contribution in [0.3, 0.4) is 0 Å². The molecule has 0 saturated heterocycles. The molecule has 0 aliphatic heterocycles. The van der Waals surface area contributed by atoms with Gasteiger partial charge in [-0.15, -0.1) is 0 Å². The standard InChI is InChI=1S/C17H15BrO3S/c18-11-5-7-12(8-6-11)22(19,20)21-17-15-9-10-16(17)14-4-2-1-3-13(14)15/h1-8,15-17H,9-10H2. The second kappa shape index (κ2) is 5.18. The first kappa shape index (κ1) is 14.4. The molecule has 2 aromatic rings. The number of hydrogen-bond acceptors (Lipinski definition) is 3. The van der Waals surface area contributed by atoms with E-state index >= 15 is 0 Å². The zero-order valence-corrected chi connectivity index (χ0v) is 14.2. The van der Waals surface area contributed by atoms with Gasteiger partial charge in [0.2, 0.25) is 0 Å². The highest BCUT2D eigenvalue weighted by Gasteiger charge is 2.48. The molecule has 0 radical (unpaired) electrons. The van der Waals surface area contributed by atoms with E-state index in [9.17, 15) is 8.42 Å². The zero-order valence-electron chi connectivity index (χ0n) is 11.8. The van der Waals surface area contributed by atoms with Gasteiger partial charge >= 0.3 is 0 Å². The van der Waals surface area contributed by atoms with E-state index in [0.717, 1.165) is 17.3 Å². The van der Waals surface area contributed by atoms with Crippen molar-refractivity contribution in [3.8, 4) is 0 Å². The van der Waals surface area contributed by atoms with Crippen LogP contribution in [0, 0.1) is 0 Å². The fraction of sp³-hybridized carbons (Fsp3) is 0.294. The lowest BCUT2D eigenvalue weighted by atomic mass is 9.92. The summed E-state index contributed by atoms with van der Waals surface area (Å²) in [5.74, 6) is 0.401. The molecule has 2 atom stereocenters. The number of fused-ring (bicyclic) bond motifs is 5. The van der Waals surface area contributed by atoms with E-state index in [4.69, 9.17) is 4.18 Å².